The van der Waals surface area contributed by atoms with Gasteiger partial charge in [0.1, 0.15) is 5.82 Å². The van der Waals surface area contributed by atoms with E-state index in [2.05, 4.69) is 39.6 Å². The SMILES string of the molecule is CCCC(=O)Nc1ccc2c(c1)nc(CN1CCN(CC)CC1)n2CCC. The number of amides is 1. The molecule has 0 aliphatic carbocycles. The van der Waals surface area contributed by atoms with Gasteiger partial charge in [-0.05, 0) is 37.6 Å². The van der Waals surface area contributed by atoms with E-state index in [4.69, 9.17) is 4.98 Å². The van der Waals surface area contributed by atoms with Crippen LogP contribution >= 0.6 is 0 Å². The van der Waals surface area contributed by atoms with E-state index in [1.165, 1.54) is 0 Å². The summed E-state index contributed by atoms with van der Waals surface area (Å²) in [5, 5.41) is 2.98. The number of piperazine rings is 1. The first-order valence-corrected chi connectivity index (χ1v) is 10.4. The molecule has 0 saturated carbocycles. The number of carbonyl (C=O) groups is 1. The smallest absolute Gasteiger partial charge is 0.224 e. The van der Waals surface area contributed by atoms with Crippen molar-refractivity contribution in [1.82, 2.24) is 19.4 Å². The zero-order valence-corrected chi connectivity index (χ0v) is 17.0. The van der Waals surface area contributed by atoms with Crippen LogP contribution in [0.4, 0.5) is 5.69 Å². The average molecular weight is 372 g/mol. The van der Waals surface area contributed by atoms with Crippen LogP contribution in [0.25, 0.3) is 11.0 Å². The van der Waals surface area contributed by atoms with E-state index < -0.39 is 0 Å². The lowest BCUT2D eigenvalue weighted by Crippen LogP contribution is -2.45. The van der Waals surface area contributed by atoms with Gasteiger partial charge in [0.05, 0.1) is 17.6 Å². The summed E-state index contributed by atoms with van der Waals surface area (Å²) in [6, 6.07) is 6.10. The fraction of sp³-hybridized carbons (Fsp3) is 0.619. The fourth-order valence-corrected chi connectivity index (χ4v) is 3.77. The summed E-state index contributed by atoms with van der Waals surface area (Å²) in [5.74, 6) is 1.20. The van der Waals surface area contributed by atoms with Crippen molar-refractivity contribution in [2.75, 3.05) is 38.0 Å². The van der Waals surface area contributed by atoms with Crippen LogP contribution < -0.4 is 5.32 Å². The van der Waals surface area contributed by atoms with E-state index in [-0.39, 0.29) is 5.91 Å². The van der Waals surface area contributed by atoms with Crippen molar-refractivity contribution in [1.29, 1.82) is 0 Å². The van der Waals surface area contributed by atoms with Crippen LogP contribution in [0.15, 0.2) is 18.2 Å². The third-order valence-electron chi connectivity index (χ3n) is 5.31. The Kier molecular flexibility index (Phi) is 6.85. The number of imidazole rings is 1. The van der Waals surface area contributed by atoms with Gasteiger partial charge in [-0.15, -0.1) is 0 Å². The van der Waals surface area contributed by atoms with Gasteiger partial charge in [0.25, 0.3) is 0 Å². The lowest BCUT2D eigenvalue weighted by Gasteiger charge is -2.33. The number of fused-ring (bicyclic) bond motifs is 1. The summed E-state index contributed by atoms with van der Waals surface area (Å²) in [6.07, 6.45) is 2.49. The van der Waals surface area contributed by atoms with Crippen LogP contribution in [0.1, 0.15) is 45.9 Å². The maximum absolute atomic E-state index is 11.9. The van der Waals surface area contributed by atoms with Crippen LogP contribution in [-0.4, -0.2) is 58.0 Å². The second kappa shape index (κ2) is 9.33. The first kappa shape index (κ1) is 19.8. The molecule has 1 amide bonds. The number of likely N-dealkylation sites (N-methyl/N-ethyl adjacent to an activating group) is 1. The summed E-state index contributed by atoms with van der Waals surface area (Å²) >= 11 is 0. The molecular formula is C21H33N5O. The molecule has 2 heterocycles. The molecule has 1 aliphatic rings. The van der Waals surface area contributed by atoms with Gasteiger partial charge in [0.15, 0.2) is 0 Å². The summed E-state index contributed by atoms with van der Waals surface area (Å²) in [4.78, 5) is 21.8. The summed E-state index contributed by atoms with van der Waals surface area (Å²) in [6.45, 7) is 13.9. The molecule has 1 fully saturated rings. The van der Waals surface area contributed by atoms with Crippen LogP contribution in [0, 0.1) is 0 Å². The molecule has 1 aromatic heterocycles. The Morgan fingerprint density at radius 1 is 1.07 bits per heavy atom. The number of benzene rings is 1. The van der Waals surface area contributed by atoms with Crippen molar-refractivity contribution in [3.8, 4) is 0 Å². The molecule has 1 aliphatic heterocycles. The Morgan fingerprint density at radius 3 is 2.48 bits per heavy atom. The number of anilines is 1. The molecule has 2 aromatic rings. The first-order chi connectivity index (χ1) is 13.1. The number of aryl methyl sites for hydroxylation is 1. The van der Waals surface area contributed by atoms with E-state index in [1.54, 1.807) is 0 Å². The van der Waals surface area contributed by atoms with E-state index in [1.807, 2.05) is 19.1 Å². The van der Waals surface area contributed by atoms with E-state index in [0.29, 0.717) is 6.42 Å². The van der Waals surface area contributed by atoms with Crippen molar-refractivity contribution >= 4 is 22.6 Å². The highest BCUT2D eigenvalue weighted by molar-refractivity contribution is 5.93. The van der Waals surface area contributed by atoms with E-state index in [9.17, 15) is 4.79 Å². The van der Waals surface area contributed by atoms with Crippen LogP contribution in [-0.2, 0) is 17.9 Å². The maximum Gasteiger partial charge on any atom is 0.224 e. The second-order valence-electron chi connectivity index (χ2n) is 7.39. The number of hydrogen-bond acceptors (Lipinski definition) is 4. The molecule has 6 heteroatoms. The third kappa shape index (κ3) is 4.87. The highest BCUT2D eigenvalue weighted by atomic mass is 16.1. The predicted molar refractivity (Wildman–Crippen MR) is 111 cm³/mol. The average Bonchev–Trinajstić information content (AvgIpc) is 2.99. The van der Waals surface area contributed by atoms with Crippen LogP contribution in [0.3, 0.4) is 0 Å². The van der Waals surface area contributed by atoms with Crippen molar-refractivity contribution in [2.24, 2.45) is 0 Å². The van der Waals surface area contributed by atoms with Crippen LogP contribution in [0.2, 0.25) is 0 Å². The molecule has 1 saturated heterocycles. The molecule has 6 nitrogen and oxygen atoms in total. The van der Waals surface area contributed by atoms with Gasteiger partial charge < -0.3 is 14.8 Å². The first-order valence-electron chi connectivity index (χ1n) is 10.4. The van der Waals surface area contributed by atoms with Crippen molar-refractivity contribution in [3.63, 3.8) is 0 Å². The normalized spacial score (nSPS) is 16.1. The molecule has 0 atom stereocenters. The zero-order chi connectivity index (χ0) is 19.2. The van der Waals surface area contributed by atoms with E-state index >= 15 is 0 Å². The Balaban J connectivity index is 1.79. The lowest BCUT2D eigenvalue weighted by atomic mass is 10.2. The van der Waals surface area contributed by atoms with Gasteiger partial charge in [-0.3, -0.25) is 9.69 Å². The van der Waals surface area contributed by atoms with E-state index in [0.717, 1.165) is 81.2 Å². The molecule has 1 aromatic carbocycles. The van der Waals surface area contributed by atoms with Crippen molar-refractivity contribution in [3.05, 3.63) is 24.0 Å². The number of aromatic nitrogens is 2. The molecule has 0 unspecified atom stereocenters. The van der Waals surface area contributed by atoms with Crippen molar-refractivity contribution in [2.45, 2.75) is 53.1 Å². The minimum atomic E-state index is 0.0684. The molecule has 1 N–H and O–H groups in total. The molecule has 148 valence electrons. The minimum absolute atomic E-state index is 0.0684. The molecule has 0 spiro atoms. The minimum Gasteiger partial charge on any atom is -0.327 e. The zero-order valence-electron chi connectivity index (χ0n) is 17.0. The molecule has 0 radical (unpaired) electrons. The highest BCUT2D eigenvalue weighted by Crippen LogP contribution is 2.22. The number of hydrogen-bond donors (Lipinski definition) is 1. The second-order valence-corrected chi connectivity index (χ2v) is 7.39. The van der Waals surface area contributed by atoms with Crippen molar-refractivity contribution < 1.29 is 4.79 Å². The molecular weight excluding hydrogens is 338 g/mol. The molecule has 3 rings (SSSR count). The quantitative estimate of drug-likeness (QED) is 0.773. The Hall–Kier alpha value is -1.92. The fourth-order valence-electron chi connectivity index (χ4n) is 3.77. The number of rotatable bonds is 8. The Bertz CT molecular complexity index is 761. The number of nitrogens with zero attached hydrogens (tertiary/aromatic N) is 4. The number of carbonyl (C=O) groups excluding carboxylic acids is 1. The largest absolute Gasteiger partial charge is 0.327 e. The highest BCUT2D eigenvalue weighted by Gasteiger charge is 2.19. The van der Waals surface area contributed by atoms with Crippen LogP contribution in [0.5, 0.6) is 0 Å². The summed E-state index contributed by atoms with van der Waals surface area (Å²) < 4.78 is 2.35. The predicted octanol–water partition coefficient (Wildman–Crippen LogP) is 3.32. The maximum atomic E-state index is 11.9. The summed E-state index contributed by atoms with van der Waals surface area (Å²) in [5.41, 5.74) is 2.97. The van der Waals surface area contributed by atoms with Gasteiger partial charge in [-0.2, -0.15) is 0 Å². The third-order valence-corrected chi connectivity index (χ3v) is 5.31. The Labute approximate surface area is 162 Å². The monoisotopic (exact) mass is 371 g/mol. The van der Waals surface area contributed by atoms with Gasteiger partial charge >= 0.3 is 0 Å². The number of nitrogens with one attached hydrogen (secondary N) is 1. The molecule has 0 bridgehead atoms. The molecule has 27 heavy (non-hydrogen) atoms. The van der Waals surface area contributed by atoms with Gasteiger partial charge in [-0.25, -0.2) is 4.98 Å². The Morgan fingerprint density at radius 2 is 1.81 bits per heavy atom. The topological polar surface area (TPSA) is 53.4 Å². The van der Waals surface area contributed by atoms with Gasteiger partial charge in [-0.1, -0.05) is 20.8 Å². The summed E-state index contributed by atoms with van der Waals surface area (Å²) in [7, 11) is 0. The van der Waals surface area contributed by atoms with Gasteiger partial charge in [0.2, 0.25) is 5.91 Å². The lowest BCUT2D eigenvalue weighted by molar-refractivity contribution is -0.116. The standard InChI is InChI=1S/C21H33N5O/c1-4-7-21(27)22-17-8-9-19-18(15-17)23-20(26(19)10-5-2)16-25-13-11-24(6-3)12-14-25/h8-9,15H,4-7,10-14,16H2,1-3H3,(H,22,27). The van der Waals surface area contributed by atoms with Gasteiger partial charge in [0, 0.05) is 44.8 Å².